The monoisotopic (exact) mass is 276 g/mol. The molecular formula is C18H32N2. The first-order valence-corrected chi connectivity index (χ1v) is 8.04. The van der Waals surface area contributed by atoms with E-state index in [2.05, 4.69) is 69.2 Å². The Hall–Kier alpha value is -0.860. The van der Waals surface area contributed by atoms with Gasteiger partial charge in [-0.1, -0.05) is 45.0 Å². The van der Waals surface area contributed by atoms with Gasteiger partial charge >= 0.3 is 0 Å². The molecule has 0 aliphatic heterocycles. The average molecular weight is 276 g/mol. The van der Waals surface area contributed by atoms with Gasteiger partial charge in [-0.05, 0) is 56.9 Å². The maximum absolute atomic E-state index is 3.49. The molecule has 2 heteroatoms. The van der Waals surface area contributed by atoms with Crippen LogP contribution < -0.4 is 5.32 Å². The van der Waals surface area contributed by atoms with Crippen molar-refractivity contribution in [1.29, 1.82) is 0 Å². The Morgan fingerprint density at radius 1 is 1.05 bits per heavy atom. The van der Waals surface area contributed by atoms with E-state index in [1.165, 1.54) is 17.5 Å². The van der Waals surface area contributed by atoms with Crippen LogP contribution in [0.1, 0.15) is 45.2 Å². The molecule has 1 N–H and O–H groups in total. The first-order chi connectivity index (χ1) is 9.56. The largest absolute Gasteiger partial charge is 0.316 e. The molecule has 0 bridgehead atoms. The number of hydrogen-bond donors (Lipinski definition) is 1. The second-order valence-electron chi connectivity index (χ2n) is 6.17. The van der Waals surface area contributed by atoms with Crippen molar-refractivity contribution in [1.82, 2.24) is 10.2 Å². The zero-order chi connectivity index (χ0) is 15.0. The summed E-state index contributed by atoms with van der Waals surface area (Å²) in [5.74, 6) is 0.693. The van der Waals surface area contributed by atoms with E-state index < -0.39 is 0 Å². The van der Waals surface area contributed by atoms with Gasteiger partial charge < -0.3 is 5.32 Å². The molecule has 114 valence electrons. The molecule has 0 saturated carbocycles. The lowest BCUT2D eigenvalue weighted by atomic mass is 10.0. The molecule has 2 nitrogen and oxygen atoms in total. The third kappa shape index (κ3) is 5.64. The van der Waals surface area contributed by atoms with E-state index in [4.69, 9.17) is 0 Å². The van der Waals surface area contributed by atoms with Crippen LogP contribution in [-0.2, 0) is 13.0 Å². The fourth-order valence-corrected chi connectivity index (χ4v) is 2.40. The van der Waals surface area contributed by atoms with Crippen LogP contribution in [0.2, 0.25) is 0 Å². The Balaban J connectivity index is 2.60. The quantitative estimate of drug-likeness (QED) is 0.692. The summed E-state index contributed by atoms with van der Waals surface area (Å²) in [5.41, 5.74) is 2.96. The fourth-order valence-electron chi connectivity index (χ4n) is 2.40. The maximum atomic E-state index is 3.49. The molecule has 1 rings (SSSR count). The third-order valence-electron chi connectivity index (χ3n) is 4.20. The van der Waals surface area contributed by atoms with E-state index in [1.54, 1.807) is 0 Å². The predicted octanol–water partition coefficient (Wildman–Crippen LogP) is 3.71. The van der Waals surface area contributed by atoms with E-state index in [9.17, 15) is 0 Å². The van der Waals surface area contributed by atoms with E-state index in [1.807, 2.05) is 0 Å². The summed E-state index contributed by atoms with van der Waals surface area (Å²) in [7, 11) is 2.23. The summed E-state index contributed by atoms with van der Waals surface area (Å²) < 4.78 is 0. The summed E-state index contributed by atoms with van der Waals surface area (Å²) in [6.07, 6.45) is 2.33. The highest BCUT2D eigenvalue weighted by Crippen LogP contribution is 2.16. The molecule has 0 spiro atoms. The zero-order valence-electron chi connectivity index (χ0n) is 13.9. The summed E-state index contributed by atoms with van der Waals surface area (Å²) >= 11 is 0. The Labute approximate surface area is 125 Å². The Bertz CT molecular complexity index is 373. The molecule has 20 heavy (non-hydrogen) atoms. The van der Waals surface area contributed by atoms with E-state index in [-0.39, 0.29) is 0 Å². The summed E-state index contributed by atoms with van der Waals surface area (Å²) in [6.45, 7) is 12.4. The Morgan fingerprint density at radius 3 is 2.30 bits per heavy atom. The molecule has 0 fully saturated rings. The van der Waals surface area contributed by atoms with Gasteiger partial charge in [0.1, 0.15) is 0 Å². The standard InChI is InChI=1S/C18H32N2/c1-6-12-19-13-11-17-9-7-8-10-18(17)14-20(5)16(4)15(2)3/h7-10,15-16,19H,6,11-14H2,1-5H3. The lowest BCUT2D eigenvalue weighted by Crippen LogP contribution is -2.33. The number of nitrogens with zero attached hydrogens (tertiary/aromatic N) is 1. The molecule has 0 saturated heterocycles. The van der Waals surface area contributed by atoms with E-state index >= 15 is 0 Å². The molecule has 0 heterocycles. The van der Waals surface area contributed by atoms with Crippen molar-refractivity contribution in [2.45, 2.75) is 53.1 Å². The van der Waals surface area contributed by atoms with Gasteiger partial charge in [0, 0.05) is 12.6 Å². The second-order valence-corrected chi connectivity index (χ2v) is 6.17. The second kappa shape index (κ2) is 9.15. The maximum Gasteiger partial charge on any atom is 0.0236 e. The van der Waals surface area contributed by atoms with Crippen LogP contribution in [0, 0.1) is 5.92 Å². The molecule has 0 radical (unpaired) electrons. The predicted molar refractivity (Wildman–Crippen MR) is 89.1 cm³/mol. The molecule has 1 atom stereocenters. The first-order valence-electron chi connectivity index (χ1n) is 8.04. The van der Waals surface area contributed by atoms with Gasteiger partial charge in [0.05, 0.1) is 0 Å². The highest BCUT2D eigenvalue weighted by molar-refractivity contribution is 5.27. The lowest BCUT2D eigenvalue weighted by molar-refractivity contribution is 0.200. The van der Waals surface area contributed by atoms with Crippen molar-refractivity contribution < 1.29 is 0 Å². The number of hydrogen-bond acceptors (Lipinski definition) is 2. The van der Waals surface area contributed by atoms with Crippen molar-refractivity contribution in [3.05, 3.63) is 35.4 Å². The summed E-state index contributed by atoms with van der Waals surface area (Å²) in [6, 6.07) is 9.48. The molecule has 0 aromatic heterocycles. The SMILES string of the molecule is CCCNCCc1ccccc1CN(C)C(C)C(C)C. The molecule has 1 aromatic carbocycles. The molecule has 1 aromatic rings. The van der Waals surface area contributed by atoms with Crippen LogP contribution in [0.15, 0.2) is 24.3 Å². The van der Waals surface area contributed by atoms with Gasteiger partial charge in [-0.25, -0.2) is 0 Å². The van der Waals surface area contributed by atoms with Crippen LogP contribution in [-0.4, -0.2) is 31.1 Å². The molecular weight excluding hydrogens is 244 g/mol. The number of nitrogens with one attached hydrogen (secondary N) is 1. The molecule has 1 unspecified atom stereocenters. The van der Waals surface area contributed by atoms with Gasteiger partial charge in [-0.2, -0.15) is 0 Å². The molecule has 0 aliphatic rings. The minimum atomic E-state index is 0.612. The smallest absolute Gasteiger partial charge is 0.0236 e. The molecule has 0 amide bonds. The van der Waals surface area contributed by atoms with E-state index in [0.717, 1.165) is 26.1 Å². The highest BCUT2D eigenvalue weighted by Gasteiger charge is 2.14. The van der Waals surface area contributed by atoms with Crippen LogP contribution in [0.4, 0.5) is 0 Å². The van der Waals surface area contributed by atoms with Crippen LogP contribution in [0.5, 0.6) is 0 Å². The highest BCUT2D eigenvalue weighted by atomic mass is 15.1. The van der Waals surface area contributed by atoms with Crippen LogP contribution in [0.25, 0.3) is 0 Å². The van der Waals surface area contributed by atoms with Gasteiger partial charge in [0.2, 0.25) is 0 Å². The van der Waals surface area contributed by atoms with Gasteiger partial charge in [-0.15, -0.1) is 0 Å². The minimum Gasteiger partial charge on any atom is -0.316 e. The van der Waals surface area contributed by atoms with Gasteiger partial charge in [-0.3, -0.25) is 4.90 Å². The van der Waals surface area contributed by atoms with Crippen molar-refractivity contribution in [2.75, 3.05) is 20.1 Å². The third-order valence-corrected chi connectivity index (χ3v) is 4.20. The Kier molecular flexibility index (Phi) is 7.86. The minimum absolute atomic E-state index is 0.612. The van der Waals surface area contributed by atoms with Crippen molar-refractivity contribution in [2.24, 2.45) is 5.92 Å². The number of rotatable bonds is 9. The van der Waals surface area contributed by atoms with Crippen molar-refractivity contribution in [3.8, 4) is 0 Å². The fraction of sp³-hybridized carbons (Fsp3) is 0.667. The summed E-state index contributed by atoms with van der Waals surface area (Å²) in [5, 5.41) is 3.49. The topological polar surface area (TPSA) is 15.3 Å². The van der Waals surface area contributed by atoms with Crippen LogP contribution in [0.3, 0.4) is 0 Å². The van der Waals surface area contributed by atoms with Crippen LogP contribution >= 0.6 is 0 Å². The normalized spacial score (nSPS) is 13.2. The zero-order valence-corrected chi connectivity index (χ0v) is 13.9. The lowest BCUT2D eigenvalue weighted by Gasteiger charge is -2.28. The van der Waals surface area contributed by atoms with Crippen molar-refractivity contribution >= 4 is 0 Å². The van der Waals surface area contributed by atoms with E-state index in [0.29, 0.717) is 12.0 Å². The van der Waals surface area contributed by atoms with Gasteiger partial charge in [0.25, 0.3) is 0 Å². The Morgan fingerprint density at radius 2 is 1.70 bits per heavy atom. The average Bonchev–Trinajstić information content (AvgIpc) is 2.44. The van der Waals surface area contributed by atoms with Crippen molar-refractivity contribution in [3.63, 3.8) is 0 Å². The first kappa shape index (κ1) is 17.2. The van der Waals surface area contributed by atoms with Gasteiger partial charge in [0.15, 0.2) is 0 Å². The summed E-state index contributed by atoms with van der Waals surface area (Å²) in [4.78, 5) is 2.46. The molecule has 0 aliphatic carbocycles. The number of benzene rings is 1.